The maximum atomic E-state index is 11.6. The van der Waals surface area contributed by atoms with Crippen LogP contribution in [0.15, 0.2) is 48.2 Å². The number of cyclic esters (lactones) is 1. The number of hydrogen-bond donors (Lipinski definition) is 1. The van der Waals surface area contributed by atoms with Crippen LogP contribution in [0, 0.1) is 5.92 Å². The number of alkyl carbamates (subject to hydrolysis) is 1. The van der Waals surface area contributed by atoms with Gasteiger partial charge in [-0.15, -0.1) is 0 Å². The fraction of sp³-hybridized carbons (Fsp3) is 0.312. The SMILES string of the molecule is O=C1N/C(=C(\Cl)c2ccccc2)[C@H](C2CC=CCC2)O1. The minimum Gasteiger partial charge on any atom is -0.439 e. The van der Waals surface area contributed by atoms with E-state index in [9.17, 15) is 4.79 Å². The minimum absolute atomic E-state index is 0.264. The predicted molar refractivity (Wildman–Crippen MR) is 79.1 cm³/mol. The van der Waals surface area contributed by atoms with E-state index >= 15 is 0 Å². The zero-order valence-electron chi connectivity index (χ0n) is 11.0. The lowest BCUT2D eigenvalue weighted by Gasteiger charge is -2.23. The Hall–Kier alpha value is -1.74. The standard InChI is InChI=1S/C16H16ClNO2/c17-13(11-7-3-1-4-8-11)14-15(20-16(19)18-14)12-9-5-2-6-10-12/h1-5,7-8,12,15H,6,9-10H2,(H,18,19)/b14-13-/t12?,15-/m0/s1. The van der Waals surface area contributed by atoms with Crippen molar-refractivity contribution in [1.29, 1.82) is 0 Å². The molecule has 0 radical (unpaired) electrons. The second-order valence-electron chi connectivity index (χ2n) is 5.09. The highest BCUT2D eigenvalue weighted by Crippen LogP contribution is 2.35. The first kappa shape index (κ1) is 13.3. The molecule has 1 aromatic carbocycles. The summed E-state index contributed by atoms with van der Waals surface area (Å²) in [6.45, 7) is 0. The summed E-state index contributed by atoms with van der Waals surface area (Å²) in [7, 11) is 0. The molecule has 1 aromatic rings. The molecule has 1 saturated heterocycles. The summed E-state index contributed by atoms with van der Waals surface area (Å²) in [4.78, 5) is 11.6. The number of hydrogen-bond acceptors (Lipinski definition) is 2. The fourth-order valence-corrected chi connectivity index (χ4v) is 3.01. The van der Waals surface area contributed by atoms with E-state index in [4.69, 9.17) is 16.3 Å². The van der Waals surface area contributed by atoms with E-state index in [-0.39, 0.29) is 6.10 Å². The van der Waals surface area contributed by atoms with Crippen LogP contribution in [0.1, 0.15) is 24.8 Å². The van der Waals surface area contributed by atoms with Crippen LogP contribution in [0.3, 0.4) is 0 Å². The van der Waals surface area contributed by atoms with E-state index in [0.717, 1.165) is 24.8 Å². The van der Waals surface area contributed by atoms with Crippen molar-refractivity contribution in [1.82, 2.24) is 5.32 Å². The Kier molecular flexibility index (Phi) is 3.79. The van der Waals surface area contributed by atoms with E-state index in [1.165, 1.54) is 0 Å². The number of benzene rings is 1. The number of nitrogens with one attached hydrogen (secondary N) is 1. The molecule has 1 amide bonds. The van der Waals surface area contributed by atoms with Crippen molar-refractivity contribution in [3.05, 3.63) is 53.7 Å². The molecule has 0 aromatic heterocycles. The molecule has 0 saturated carbocycles. The Morgan fingerprint density at radius 1 is 1.25 bits per heavy atom. The molecule has 3 rings (SSSR count). The summed E-state index contributed by atoms with van der Waals surface area (Å²) in [6.07, 6.45) is 6.60. The Morgan fingerprint density at radius 3 is 2.75 bits per heavy atom. The van der Waals surface area contributed by atoms with Crippen LogP contribution >= 0.6 is 11.6 Å². The average Bonchev–Trinajstić information content (AvgIpc) is 2.90. The monoisotopic (exact) mass is 289 g/mol. The van der Waals surface area contributed by atoms with E-state index in [1.807, 2.05) is 30.3 Å². The van der Waals surface area contributed by atoms with Crippen LogP contribution in [0.2, 0.25) is 0 Å². The Bertz CT molecular complexity index is 565. The molecular formula is C16H16ClNO2. The van der Waals surface area contributed by atoms with Crippen LogP contribution in [-0.2, 0) is 4.74 Å². The Balaban J connectivity index is 1.93. The third kappa shape index (κ3) is 2.59. The van der Waals surface area contributed by atoms with Crippen molar-refractivity contribution < 1.29 is 9.53 Å². The van der Waals surface area contributed by atoms with Gasteiger partial charge < -0.3 is 4.74 Å². The highest BCUT2D eigenvalue weighted by Gasteiger charge is 2.37. The second kappa shape index (κ2) is 5.71. The first-order valence-electron chi connectivity index (χ1n) is 6.83. The fourth-order valence-electron chi connectivity index (χ4n) is 2.73. The number of carbonyl (C=O) groups excluding carboxylic acids is 1. The number of halogens is 1. The molecule has 2 atom stereocenters. The minimum atomic E-state index is -0.409. The highest BCUT2D eigenvalue weighted by molar-refractivity contribution is 6.49. The van der Waals surface area contributed by atoms with Crippen molar-refractivity contribution >= 4 is 22.7 Å². The summed E-state index contributed by atoms with van der Waals surface area (Å²) in [5.74, 6) is 0.298. The van der Waals surface area contributed by atoms with Gasteiger partial charge in [-0.3, -0.25) is 5.32 Å². The number of amides is 1. The molecule has 1 heterocycles. The molecule has 1 aliphatic carbocycles. The highest BCUT2D eigenvalue weighted by atomic mass is 35.5. The largest absolute Gasteiger partial charge is 0.439 e. The smallest absolute Gasteiger partial charge is 0.412 e. The molecule has 3 nitrogen and oxygen atoms in total. The van der Waals surface area contributed by atoms with Crippen LogP contribution in [0.4, 0.5) is 4.79 Å². The molecule has 0 bridgehead atoms. The van der Waals surface area contributed by atoms with Gasteiger partial charge in [0, 0.05) is 5.92 Å². The molecule has 20 heavy (non-hydrogen) atoms. The number of carbonyl (C=O) groups is 1. The van der Waals surface area contributed by atoms with Crippen LogP contribution < -0.4 is 5.32 Å². The number of rotatable bonds is 2. The van der Waals surface area contributed by atoms with Gasteiger partial charge in [0.25, 0.3) is 0 Å². The van der Waals surface area contributed by atoms with E-state index in [0.29, 0.717) is 16.6 Å². The lowest BCUT2D eigenvalue weighted by Crippen LogP contribution is -2.24. The van der Waals surface area contributed by atoms with Gasteiger partial charge >= 0.3 is 6.09 Å². The summed E-state index contributed by atoms with van der Waals surface area (Å²) in [5.41, 5.74) is 1.59. The van der Waals surface area contributed by atoms with Crippen LogP contribution in [-0.4, -0.2) is 12.2 Å². The molecule has 1 aliphatic heterocycles. The first-order chi connectivity index (χ1) is 9.75. The van der Waals surface area contributed by atoms with Crippen LogP contribution in [0.25, 0.3) is 5.03 Å². The van der Waals surface area contributed by atoms with E-state index in [2.05, 4.69) is 17.5 Å². The van der Waals surface area contributed by atoms with Gasteiger partial charge in [0.2, 0.25) is 0 Å². The maximum Gasteiger partial charge on any atom is 0.412 e. The van der Waals surface area contributed by atoms with Gasteiger partial charge in [0.15, 0.2) is 0 Å². The van der Waals surface area contributed by atoms with Crippen molar-refractivity contribution in [3.8, 4) is 0 Å². The lowest BCUT2D eigenvalue weighted by molar-refractivity contribution is 0.110. The van der Waals surface area contributed by atoms with Crippen LogP contribution in [0.5, 0.6) is 0 Å². The molecule has 1 unspecified atom stereocenters. The molecule has 4 heteroatoms. The average molecular weight is 290 g/mol. The van der Waals surface area contributed by atoms with Gasteiger partial charge in [0.05, 0.1) is 10.7 Å². The lowest BCUT2D eigenvalue weighted by atomic mass is 9.87. The number of ether oxygens (including phenoxy) is 1. The van der Waals surface area contributed by atoms with Gasteiger partial charge in [-0.2, -0.15) is 0 Å². The molecular weight excluding hydrogens is 274 g/mol. The molecule has 104 valence electrons. The predicted octanol–water partition coefficient (Wildman–Crippen LogP) is 4.06. The summed E-state index contributed by atoms with van der Waals surface area (Å²) < 4.78 is 5.43. The van der Waals surface area contributed by atoms with Crippen molar-refractivity contribution in [3.63, 3.8) is 0 Å². The molecule has 0 spiro atoms. The van der Waals surface area contributed by atoms with E-state index < -0.39 is 6.09 Å². The van der Waals surface area contributed by atoms with Crippen molar-refractivity contribution in [2.45, 2.75) is 25.4 Å². The van der Waals surface area contributed by atoms with Crippen molar-refractivity contribution in [2.75, 3.05) is 0 Å². The zero-order chi connectivity index (χ0) is 13.9. The zero-order valence-corrected chi connectivity index (χ0v) is 11.8. The maximum absolute atomic E-state index is 11.6. The van der Waals surface area contributed by atoms with Gasteiger partial charge in [-0.1, -0.05) is 54.1 Å². The third-order valence-corrected chi connectivity index (χ3v) is 4.18. The van der Waals surface area contributed by atoms with E-state index in [1.54, 1.807) is 0 Å². The van der Waals surface area contributed by atoms with Crippen molar-refractivity contribution in [2.24, 2.45) is 5.92 Å². The normalized spacial score (nSPS) is 27.9. The summed E-state index contributed by atoms with van der Waals surface area (Å²) in [5, 5.41) is 3.33. The molecule has 1 N–H and O–H groups in total. The molecule has 1 fully saturated rings. The quantitative estimate of drug-likeness (QED) is 0.834. The Morgan fingerprint density at radius 2 is 2.05 bits per heavy atom. The summed E-state index contributed by atoms with van der Waals surface area (Å²) >= 11 is 6.46. The number of allylic oxidation sites excluding steroid dienone is 2. The first-order valence-corrected chi connectivity index (χ1v) is 7.21. The topological polar surface area (TPSA) is 38.3 Å². The summed E-state index contributed by atoms with van der Waals surface area (Å²) in [6, 6.07) is 9.64. The van der Waals surface area contributed by atoms with Gasteiger partial charge in [-0.05, 0) is 24.8 Å². The second-order valence-corrected chi connectivity index (χ2v) is 5.47. The Labute approximate surface area is 123 Å². The van der Waals surface area contributed by atoms with Gasteiger partial charge in [-0.25, -0.2) is 4.79 Å². The van der Waals surface area contributed by atoms with Gasteiger partial charge in [0.1, 0.15) is 6.10 Å². The third-order valence-electron chi connectivity index (χ3n) is 3.76. The molecule has 2 aliphatic rings.